The number of hydrogen-bond donors (Lipinski definition) is 1. The number of anilines is 1. The van der Waals surface area contributed by atoms with Crippen LogP contribution in [-0.2, 0) is 9.59 Å². The molecular formula is C17H17N3O3S. The molecule has 1 aliphatic rings. The van der Waals surface area contributed by atoms with Crippen molar-refractivity contribution < 1.29 is 14.4 Å². The van der Waals surface area contributed by atoms with Crippen molar-refractivity contribution in [3.63, 3.8) is 0 Å². The maximum absolute atomic E-state index is 12.9. The van der Waals surface area contributed by atoms with E-state index >= 15 is 0 Å². The Kier molecular flexibility index (Phi) is 3.96. The highest BCUT2D eigenvalue weighted by Crippen LogP contribution is 2.39. The maximum Gasteiger partial charge on any atom is 0.243 e. The van der Waals surface area contributed by atoms with Crippen LogP contribution in [0.25, 0.3) is 0 Å². The minimum absolute atomic E-state index is 0.0827. The van der Waals surface area contributed by atoms with Gasteiger partial charge in [0, 0.05) is 18.3 Å². The van der Waals surface area contributed by atoms with E-state index in [1.807, 2.05) is 0 Å². The van der Waals surface area contributed by atoms with Crippen LogP contribution in [0.5, 0.6) is 0 Å². The summed E-state index contributed by atoms with van der Waals surface area (Å²) >= 11 is 1.30. The highest BCUT2D eigenvalue weighted by Gasteiger charge is 2.45. The van der Waals surface area contributed by atoms with Crippen LogP contribution in [0.15, 0.2) is 35.8 Å². The number of aromatic nitrogens is 1. The summed E-state index contributed by atoms with van der Waals surface area (Å²) < 4.78 is 0. The summed E-state index contributed by atoms with van der Waals surface area (Å²) in [6.07, 6.45) is 1.56. The van der Waals surface area contributed by atoms with Gasteiger partial charge in [-0.3, -0.25) is 19.3 Å². The van der Waals surface area contributed by atoms with Crippen LogP contribution < -0.4 is 10.6 Å². The fourth-order valence-corrected chi connectivity index (χ4v) is 3.39. The maximum atomic E-state index is 12.9. The Bertz CT molecular complexity index is 814. The van der Waals surface area contributed by atoms with Crippen LogP contribution in [0, 0.1) is 5.41 Å². The number of rotatable bonds is 5. The number of thiophene rings is 1. The smallest absolute Gasteiger partial charge is 0.243 e. The summed E-state index contributed by atoms with van der Waals surface area (Å²) in [5.41, 5.74) is 5.07. The van der Waals surface area contributed by atoms with Crippen molar-refractivity contribution in [1.82, 2.24) is 4.98 Å². The van der Waals surface area contributed by atoms with E-state index in [-0.39, 0.29) is 18.2 Å². The Morgan fingerprint density at radius 1 is 1.33 bits per heavy atom. The van der Waals surface area contributed by atoms with Gasteiger partial charge in [-0.15, -0.1) is 11.3 Å². The van der Waals surface area contributed by atoms with Crippen LogP contribution in [0.2, 0.25) is 0 Å². The van der Waals surface area contributed by atoms with Gasteiger partial charge in [0.25, 0.3) is 0 Å². The molecule has 0 saturated carbocycles. The predicted octanol–water partition coefficient (Wildman–Crippen LogP) is 1.97. The Labute approximate surface area is 143 Å². The average Bonchev–Trinajstić information content (AvgIpc) is 3.15. The molecule has 1 atom stereocenters. The molecule has 0 radical (unpaired) electrons. The number of Topliss-reactive ketones (excluding diaryl/α,β-unsaturated/α-hetero) is 1. The minimum atomic E-state index is -0.925. The molecule has 2 aromatic heterocycles. The summed E-state index contributed by atoms with van der Waals surface area (Å²) in [7, 11) is 0. The van der Waals surface area contributed by atoms with Gasteiger partial charge in [0.15, 0.2) is 5.78 Å². The fraction of sp³-hybridized carbons (Fsp3) is 0.294. The van der Waals surface area contributed by atoms with Gasteiger partial charge in [0.2, 0.25) is 11.8 Å². The third-order valence-electron chi connectivity index (χ3n) is 4.14. The zero-order valence-corrected chi connectivity index (χ0v) is 14.2. The van der Waals surface area contributed by atoms with E-state index in [4.69, 9.17) is 5.73 Å². The van der Waals surface area contributed by atoms with Gasteiger partial charge >= 0.3 is 0 Å². The lowest BCUT2D eigenvalue weighted by molar-refractivity contribution is -0.126. The van der Waals surface area contributed by atoms with Gasteiger partial charge in [-0.05, 0) is 31.4 Å². The zero-order chi connectivity index (χ0) is 17.5. The summed E-state index contributed by atoms with van der Waals surface area (Å²) in [5, 5.41) is 1.80. The minimum Gasteiger partial charge on any atom is -0.369 e. The van der Waals surface area contributed by atoms with Crippen LogP contribution in [0.3, 0.4) is 0 Å². The average molecular weight is 343 g/mol. The largest absolute Gasteiger partial charge is 0.369 e. The fourth-order valence-electron chi connectivity index (χ4n) is 2.69. The highest BCUT2D eigenvalue weighted by atomic mass is 32.1. The Balaban J connectivity index is 2.01. The second-order valence-electron chi connectivity index (χ2n) is 6.36. The van der Waals surface area contributed by atoms with Crippen molar-refractivity contribution in [3.8, 4) is 0 Å². The second kappa shape index (κ2) is 5.83. The summed E-state index contributed by atoms with van der Waals surface area (Å²) in [6, 6.07) is 6.90. The van der Waals surface area contributed by atoms with E-state index in [1.54, 1.807) is 49.7 Å². The van der Waals surface area contributed by atoms with E-state index in [0.29, 0.717) is 16.3 Å². The topological polar surface area (TPSA) is 93.4 Å². The van der Waals surface area contributed by atoms with Gasteiger partial charge < -0.3 is 5.73 Å². The quantitative estimate of drug-likeness (QED) is 0.663. The first-order chi connectivity index (χ1) is 11.3. The van der Waals surface area contributed by atoms with Crippen LogP contribution in [0.1, 0.15) is 35.0 Å². The molecule has 2 amide bonds. The number of pyridine rings is 1. The molecule has 2 N–H and O–H groups in total. The number of nitrogens with zero attached hydrogens (tertiary/aromatic N) is 2. The number of amides is 2. The van der Waals surface area contributed by atoms with Crippen molar-refractivity contribution in [3.05, 3.63) is 46.3 Å². The number of primary amides is 1. The molecule has 0 saturated heterocycles. The Morgan fingerprint density at radius 3 is 2.71 bits per heavy atom. The van der Waals surface area contributed by atoms with E-state index in [9.17, 15) is 14.4 Å². The standard InChI is InChI=1S/C17H17N3O3S/c1-17(2,16(18)23)9-20-14-10(5-3-7-19-14)12(15(20)22)13(21)11-6-4-8-24-11/h3-8,12H,9H2,1-2H3,(H2,18,23). The molecule has 0 aromatic carbocycles. The summed E-state index contributed by atoms with van der Waals surface area (Å²) in [5.74, 6) is -1.62. The number of fused-ring (bicyclic) bond motifs is 1. The van der Waals surface area contributed by atoms with Crippen LogP contribution in [-0.4, -0.2) is 29.1 Å². The van der Waals surface area contributed by atoms with E-state index < -0.39 is 17.2 Å². The van der Waals surface area contributed by atoms with Crippen molar-refractivity contribution in [1.29, 1.82) is 0 Å². The predicted molar refractivity (Wildman–Crippen MR) is 91.0 cm³/mol. The molecule has 0 spiro atoms. The first kappa shape index (κ1) is 16.3. The molecule has 3 heterocycles. The Hall–Kier alpha value is -2.54. The number of ketones is 1. The number of carbonyl (C=O) groups excluding carboxylic acids is 3. The molecule has 124 valence electrons. The van der Waals surface area contributed by atoms with Crippen molar-refractivity contribution in [2.24, 2.45) is 11.1 Å². The van der Waals surface area contributed by atoms with Gasteiger partial charge in [0.05, 0.1) is 10.3 Å². The monoisotopic (exact) mass is 343 g/mol. The van der Waals surface area contributed by atoms with Crippen molar-refractivity contribution in [2.75, 3.05) is 11.4 Å². The van der Waals surface area contributed by atoms with E-state index in [1.165, 1.54) is 16.2 Å². The Morgan fingerprint density at radius 2 is 2.08 bits per heavy atom. The van der Waals surface area contributed by atoms with E-state index in [2.05, 4.69) is 4.98 Å². The lowest BCUT2D eigenvalue weighted by Gasteiger charge is -2.27. The molecule has 3 rings (SSSR count). The van der Waals surface area contributed by atoms with Gasteiger partial charge in [-0.1, -0.05) is 12.1 Å². The first-order valence-electron chi connectivity index (χ1n) is 7.47. The van der Waals surface area contributed by atoms with Gasteiger partial charge in [-0.25, -0.2) is 4.98 Å². The highest BCUT2D eigenvalue weighted by molar-refractivity contribution is 7.12. The second-order valence-corrected chi connectivity index (χ2v) is 7.31. The SMILES string of the molecule is CC(C)(CN1C(=O)C(C(=O)c2cccs2)c2cccnc21)C(N)=O. The third kappa shape index (κ3) is 2.60. The third-order valence-corrected chi connectivity index (χ3v) is 5.03. The number of nitrogens with two attached hydrogens (primary N) is 1. The zero-order valence-electron chi connectivity index (χ0n) is 13.4. The normalized spacial score (nSPS) is 17.0. The molecule has 7 heteroatoms. The molecular weight excluding hydrogens is 326 g/mol. The summed E-state index contributed by atoms with van der Waals surface area (Å²) in [6.45, 7) is 3.42. The van der Waals surface area contributed by atoms with Crippen LogP contribution >= 0.6 is 11.3 Å². The molecule has 2 aromatic rings. The lowest BCUT2D eigenvalue weighted by atomic mass is 9.92. The van der Waals surface area contributed by atoms with Gasteiger partial charge in [0.1, 0.15) is 11.7 Å². The van der Waals surface area contributed by atoms with Crippen LogP contribution in [0.4, 0.5) is 5.82 Å². The molecule has 0 bridgehead atoms. The molecule has 0 aliphatic carbocycles. The van der Waals surface area contributed by atoms with E-state index in [0.717, 1.165) is 0 Å². The van der Waals surface area contributed by atoms with Gasteiger partial charge in [-0.2, -0.15) is 0 Å². The molecule has 6 nitrogen and oxygen atoms in total. The van der Waals surface area contributed by atoms with Crippen molar-refractivity contribution >= 4 is 34.8 Å². The lowest BCUT2D eigenvalue weighted by Crippen LogP contribution is -2.45. The van der Waals surface area contributed by atoms with Crippen molar-refractivity contribution in [2.45, 2.75) is 19.8 Å². The molecule has 0 fully saturated rings. The molecule has 24 heavy (non-hydrogen) atoms. The number of hydrogen-bond acceptors (Lipinski definition) is 5. The molecule has 1 aliphatic heterocycles. The molecule has 1 unspecified atom stereocenters. The first-order valence-corrected chi connectivity index (χ1v) is 8.35. The summed E-state index contributed by atoms with van der Waals surface area (Å²) in [4.78, 5) is 43.5. The number of carbonyl (C=O) groups is 3.